The Labute approximate surface area is 104 Å². The number of hydrogen-bond donors (Lipinski definition) is 1. The van der Waals surface area contributed by atoms with Crippen LogP contribution in [0.25, 0.3) is 10.9 Å². The van der Waals surface area contributed by atoms with Crippen molar-refractivity contribution in [3.63, 3.8) is 0 Å². The summed E-state index contributed by atoms with van der Waals surface area (Å²) in [7, 11) is 0. The van der Waals surface area contributed by atoms with Crippen molar-refractivity contribution >= 4 is 22.3 Å². The Kier molecular flexibility index (Phi) is 2.59. The molecule has 1 heterocycles. The molecule has 0 unspecified atom stereocenters. The van der Waals surface area contributed by atoms with E-state index in [9.17, 15) is 10.1 Å². The van der Waals surface area contributed by atoms with Crippen LogP contribution in [0.5, 0.6) is 0 Å². The van der Waals surface area contributed by atoms with Crippen LogP contribution >= 0.6 is 0 Å². The van der Waals surface area contributed by atoms with E-state index in [0.29, 0.717) is 16.9 Å². The zero-order valence-corrected chi connectivity index (χ0v) is 9.80. The lowest BCUT2D eigenvalue weighted by atomic mass is 9.93. The quantitative estimate of drug-likeness (QED) is 0.664. The highest BCUT2D eigenvalue weighted by Gasteiger charge is 2.20. The molecule has 1 aromatic heterocycles. The van der Waals surface area contributed by atoms with E-state index in [-0.39, 0.29) is 10.6 Å². The summed E-state index contributed by atoms with van der Waals surface area (Å²) in [4.78, 5) is 14.9. The molecule has 1 fully saturated rings. The van der Waals surface area contributed by atoms with E-state index in [1.807, 2.05) is 0 Å². The predicted molar refractivity (Wildman–Crippen MR) is 69.7 cm³/mol. The number of nitro groups is 1. The van der Waals surface area contributed by atoms with E-state index in [1.54, 1.807) is 30.5 Å². The maximum Gasteiger partial charge on any atom is 0.278 e. The summed E-state index contributed by atoms with van der Waals surface area (Å²) >= 11 is 0. The van der Waals surface area contributed by atoms with Gasteiger partial charge in [-0.05, 0) is 37.5 Å². The number of non-ortho nitro benzene ring substituents is 1. The minimum atomic E-state index is -0.364. The van der Waals surface area contributed by atoms with Gasteiger partial charge < -0.3 is 5.32 Å². The minimum absolute atomic E-state index is 0.109. The third-order valence-corrected chi connectivity index (χ3v) is 3.41. The van der Waals surface area contributed by atoms with E-state index in [0.717, 1.165) is 18.5 Å². The molecule has 0 aliphatic heterocycles. The van der Waals surface area contributed by atoms with Crippen LogP contribution < -0.4 is 5.32 Å². The van der Waals surface area contributed by atoms with Crippen molar-refractivity contribution in [2.45, 2.75) is 25.3 Å². The topological polar surface area (TPSA) is 68.1 Å². The number of pyridine rings is 1. The number of hydrogen-bond acceptors (Lipinski definition) is 4. The molecule has 0 saturated heterocycles. The second-order valence-corrected chi connectivity index (χ2v) is 4.56. The van der Waals surface area contributed by atoms with E-state index in [4.69, 9.17) is 0 Å². The van der Waals surface area contributed by atoms with Crippen molar-refractivity contribution in [2.24, 2.45) is 0 Å². The highest BCUT2D eigenvalue weighted by Crippen LogP contribution is 2.32. The lowest BCUT2D eigenvalue weighted by Gasteiger charge is -2.27. The first-order valence-electron chi connectivity index (χ1n) is 6.04. The van der Waals surface area contributed by atoms with Crippen molar-refractivity contribution in [3.05, 3.63) is 40.6 Å². The predicted octanol–water partition coefficient (Wildman–Crippen LogP) is 3.11. The number of aromatic nitrogens is 1. The molecule has 5 nitrogen and oxygen atoms in total. The first kappa shape index (κ1) is 11.0. The zero-order chi connectivity index (χ0) is 12.5. The van der Waals surface area contributed by atoms with Crippen LogP contribution in [0.4, 0.5) is 11.4 Å². The average molecular weight is 243 g/mol. The molecular formula is C13H13N3O2. The standard InChI is InChI=1S/C13H13N3O2/c17-16(18)12-7-6-11(15-9-3-1-4-9)13-10(12)5-2-8-14-13/h2,5-9,15H,1,3-4H2. The Morgan fingerprint density at radius 2 is 2.17 bits per heavy atom. The maximum absolute atomic E-state index is 11.0. The van der Waals surface area contributed by atoms with Gasteiger partial charge >= 0.3 is 0 Å². The Morgan fingerprint density at radius 1 is 1.33 bits per heavy atom. The molecule has 0 amide bonds. The van der Waals surface area contributed by atoms with Crippen LogP contribution in [0.15, 0.2) is 30.5 Å². The summed E-state index contributed by atoms with van der Waals surface area (Å²) in [6.07, 6.45) is 5.23. The lowest BCUT2D eigenvalue weighted by Crippen LogP contribution is -2.27. The van der Waals surface area contributed by atoms with Gasteiger partial charge in [0.2, 0.25) is 0 Å². The van der Waals surface area contributed by atoms with Crippen molar-refractivity contribution in [2.75, 3.05) is 5.32 Å². The van der Waals surface area contributed by atoms with Crippen molar-refractivity contribution in [1.29, 1.82) is 0 Å². The fourth-order valence-electron chi connectivity index (χ4n) is 2.21. The van der Waals surface area contributed by atoms with Crippen LogP contribution in [0.3, 0.4) is 0 Å². The van der Waals surface area contributed by atoms with Crippen molar-refractivity contribution in [3.8, 4) is 0 Å². The molecule has 92 valence electrons. The number of nitro benzene ring substituents is 1. The molecule has 0 bridgehead atoms. The summed E-state index contributed by atoms with van der Waals surface area (Å²) < 4.78 is 0. The number of anilines is 1. The van der Waals surface area contributed by atoms with Crippen LogP contribution in [0, 0.1) is 10.1 Å². The summed E-state index contributed by atoms with van der Waals surface area (Å²) in [5, 5.41) is 15.0. The van der Waals surface area contributed by atoms with Gasteiger partial charge in [-0.15, -0.1) is 0 Å². The van der Waals surface area contributed by atoms with Gasteiger partial charge in [-0.1, -0.05) is 0 Å². The third kappa shape index (κ3) is 1.77. The van der Waals surface area contributed by atoms with Gasteiger partial charge in [0.15, 0.2) is 0 Å². The van der Waals surface area contributed by atoms with Crippen LogP contribution in [-0.4, -0.2) is 15.9 Å². The fourth-order valence-corrected chi connectivity index (χ4v) is 2.21. The van der Waals surface area contributed by atoms with Crippen LogP contribution in [0.2, 0.25) is 0 Å². The number of nitrogens with one attached hydrogen (secondary N) is 1. The molecule has 3 rings (SSSR count). The molecule has 0 atom stereocenters. The Hall–Kier alpha value is -2.17. The molecule has 0 radical (unpaired) electrons. The minimum Gasteiger partial charge on any atom is -0.381 e. The van der Waals surface area contributed by atoms with Gasteiger partial charge in [0.25, 0.3) is 5.69 Å². The number of fused-ring (bicyclic) bond motifs is 1. The zero-order valence-electron chi connectivity index (χ0n) is 9.80. The van der Waals surface area contributed by atoms with Crippen LogP contribution in [0.1, 0.15) is 19.3 Å². The summed E-state index contributed by atoms with van der Waals surface area (Å²) in [5.41, 5.74) is 1.68. The van der Waals surface area contributed by atoms with Gasteiger partial charge in [0.1, 0.15) is 5.52 Å². The summed E-state index contributed by atoms with van der Waals surface area (Å²) in [6.45, 7) is 0. The molecule has 1 aromatic carbocycles. The fraction of sp³-hybridized carbons (Fsp3) is 0.308. The van der Waals surface area contributed by atoms with Gasteiger partial charge in [0.05, 0.1) is 16.0 Å². The number of rotatable bonds is 3. The van der Waals surface area contributed by atoms with Crippen molar-refractivity contribution < 1.29 is 4.92 Å². The molecule has 1 saturated carbocycles. The molecule has 1 N–H and O–H groups in total. The van der Waals surface area contributed by atoms with Gasteiger partial charge in [0, 0.05) is 18.3 Å². The monoisotopic (exact) mass is 243 g/mol. The first-order chi connectivity index (χ1) is 8.75. The van der Waals surface area contributed by atoms with Gasteiger partial charge in [-0.3, -0.25) is 15.1 Å². The van der Waals surface area contributed by atoms with Crippen LogP contribution in [-0.2, 0) is 0 Å². The molecule has 1 aliphatic carbocycles. The van der Waals surface area contributed by atoms with E-state index in [2.05, 4.69) is 10.3 Å². The highest BCUT2D eigenvalue weighted by atomic mass is 16.6. The molecule has 1 aliphatic rings. The van der Waals surface area contributed by atoms with E-state index in [1.165, 1.54) is 6.42 Å². The molecular weight excluding hydrogens is 230 g/mol. The second-order valence-electron chi connectivity index (χ2n) is 4.56. The Morgan fingerprint density at radius 3 is 2.83 bits per heavy atom. The number of benzene rings is 1. The molecule has 2 aromatic rings. The molecule has 0 spiro atoms. The van der Waals surface area contributed by atoms with E-state index >= 15 is 0 Å². The molecule has 18 heavy (non-hydrogen) atoms. The summed E-state index contributed by atoms with van der Waals surface area (Å²) in [6, 6.07) is 7.25. The van der Waals surface area contributed by atoms with Crippen molar-refractivity contribution in [1.82, 2.24) is 4.98 Å². The number of nitrogens with zero attached hydrogens (tertiary/aromatic N) is 2. The third-order valence-electron chi connectivity index (χ3n) is 3.41. The SMILES string of the molecule is O=[N+]([O-])c1ccc(NC2CCC2)c2ncccc12. The highest BCUT2D eigenvalue weighted by molar-refractivity contribution is 5.96. The molecule has 5 heteroatoms. The largest absolute Gasteiger partial charge is 0.381 e. The van der Waals surface area contributed by atoms with E-state index < -0.39 is 0 Å². The van der Waals surface area contributed by atoms with Gasteiger partial charge in [-0.2, -0.15) is 0 Å². The average Bonchev–Trinajstić information content (AvgIpc) is 2.33. The Balaban J connectivity index is 2.10. The maximum atomic E-state index is 11.0. The first-order valence-corrected chi connectivity index (χ1v) is 6.04. The summed E-state index contributed by atoms with van der Waals surface area (Å²) in [5.74, 6) is 0. The van der Waals surface area contributed by atoms with Gasteiger partial charge in [-0.25, -0.2) is 0 Å². The lowest BCUT2D eigenvalue weighted by molar-refractivity contribution is -0.383. The normalized spacial score (nSPS) is 15.3. The second kappa shape index (κ2) is 4.25. The smallest absolute Gasteiger partial charge is 0.278 e. The Bertz CT molecular complexity index is 608.